The van der Waals surface area contributed by atoms with E-state index in [0.29, 0.717) is 39.5 Å². The van der Waals surface area contributed by atoms with E-state index >= 15 is 0 Å². The Morgan fingerprint density at radius 2 is 2.00 bits per heavy atom. The third kappa shape index (κ3) is 3.55. The topological polar surface area (TPSA) is 67.9 Å². The second kappa shape index (κ2) is 6.31. The molecule has 2 aliphatic rings. The maximum Gasteiger partial charge on any atom is 0.279 e. The van der Waals surface area contributed by atoms with Gasteiger partial charge in [-0.25, -0.2) is 4.72 Å². The van der Waals surface area contributed by atoms with Crippen molar-refractivity contribution in [1.29, 1.82) is 0 Å². The van der Waals surface area contributed by atoms with E-state index < -0.39 is 10.2 Å². The van der Waals surface area contributed by atoms with Crippen LogP contribution in [-0.4, -0.2) is 52.2 Å². The first-order chi connectivity index (χ1) is 10.1. The molecule has 0 spiro atoms. The fourth-order valence-electron chi connectivity index (χ4n) is 2.62. The van der Waals surface area contributed by atoms with Gasteiger partial charge < -0.3 is 9.47 Å². The molecule has 1 atom stereocenters. The van der Waals surface area contributed by atoms with Gasteiger partial charge in [0.2, 0.25) is 0 Å². The summed E-state index contributed by atoms with van der Waals surface area (Å²) in [5.41, 5.74) is 1.14. The second-order valence-corrected chi connectivity index (χ2v) is 7.11. The number of hydrogen-bond donors (Lipinski definition) is 1. The number of nitrogens with one attached hydrogen (secondary N) is 1. The third-order valence-electron chi connectivity index (χ3n) is 3.82. The van der Waals surface area contributed by atoms with Gasteiger partial charge in [-0.05, 0) is 18.1 Å². The highest BCUT2D eigenvalue weighted by Crippen LogP contribution is 2.26. The van der Waals surface area contributed by atoms with E-state index in [4.69, 9.17) is 9.47 Å². The molecule has 0 radical (unpaired) electrons. The van der Waals surface area contributed by atoms with Gasteiger partial charge in [0, 0.05) is 25.6 Å². The SMILES string of the molecule is O=S(=O)(NC[C@H]1COc2ccccc2C1)N1CCOCC1. The van der Waals surface area contributed by atoms with E-state index in [1.807, 2.05) is 24.3 Å². The molecular formula is C14H20N2O4S. The van der Waals surface area contributed by atoms with Crippen molar-refractivity contribution in [1.82, 2.24) is 9.03 Å². The number of ether oxygens (including phenoxy) is 2. The van der Waals surface area contributed by atoms with Crippen molar-refractivity contribution in [3.05, 3.63) is 29.8 Å². The fraction of sp³-hybridized carbons (Fsp3) is 0.571. The van der Waals surface area contributed by atoms with Gasteiger partial charge in [-0.15, -0.1) is 0 Å². The van der Waals surface area contributed by atoms with Gasteiger partial charge in [-0.2, -0.15) is 12.7 Å². The summed E-state index contributed by atoms with van der Waals surface area (Å²) in [7, 11) is -3.41. The smallest absolute Gasteiger partial charge is 0.279 e. The molecule has 2 aliphatic heterocycles. The maximum absolute atomic E-state index is 12.2. The van der Waals surface area contributed by atoms with Gasteiger partial charge in [-0.1, -0.05) is 18.2 Å². The molecule has 21 heavy (non-hydrogen) atoms. The molecule has 0 bridgehead atoms. The number of fused-ring (bicyclic) bond motifs is 1. The quantitative estimate of drug-likeness (QED) is 0.874. The van der Waals surface area contributed by atoms with Crippen molar-refractivity contribution < 1.29 is 17.9 Å². The molecule has 6 nitrogen and oxygen atoms in total. The number of hydrogen-bond acceptors (Lipinski definition) is 4. The average Bonchev–Trinajstić information content (AvgIpc) is 2.54. The first-order valence-electron chi connectivity index (χ1n) is 7.18. The minimum absolute atomic E-state index is 0.163. The standard InChI is InChI=1S/C14H20N2O4S/c17-21(18,16-5-7-19-8-6-16)15-10-12-9-13-3-1-2-4-14(13)20-11-12/h1-4,12,15H,5-11H2/t12-/m0/s1. The predicted molar refractivity (Wildman–Crippen MR) is 78.4 cm³/mol. The van der Waals surface area contributed by atoms with Crippen LogP contribution in [-0.2, 0) is 21.4 Å². The number of morpholine rings is 1. The molecule has 0 saturated carbocycles. The van der Waals surface area contributed by atoms with Crippen LogP contribution < -0.4 is 9.46 Å². The van der Waals surface area contributed by atoms with Gasteiger partial charge in [0.1, 0.15) is 5.75 Å². The molecule has 7 heteroatoms. The number of benzene rings is 1. The summed E-state index contributed by atoms with van der Waals surface area (Å²) >= 11 is 0. The highest BCUT2D eigenvalue weighted by Gasteiger charge is 2.26. The largest absolute Gasteiger partial charge is 0.493 e. The van der Waals surface area contributed by atoms with E-state index in [2.05, 4.69) is 4.72 Å². The Hall–Kier alpha value is -1.15. The Balaban J connectivity index is 1.56. The summed E-state index contributed by atoms with van der Waals surface area (Å²) in [6.45, 7) is 2.69. The van der Waals surface area contributed by atoms with E-state index in [1.165, 1.54) is 4.31 Å². The zero-order valence-electron chi connectivity index (χ0n) is 11.8. The molecular weight excluding hydrogens is 292 g/mol. The van der Waals surface area contributed by atoms with Crippen LogP contribution in [0, 0.1) is 5.92 Å². The third-order valence-corrected chi connectivity index (χ3v) is 5.40. The second-order valence-electron chi connectivity index (χ2n) is 5.35. The Labute approximate surface area is 125 Å². The van der Waals surface area contributed by atoms with E-state index in [9.17, 15) is 8.42 Å². The van der Waals surface area contributed by atoms with Crippen molar-refractivity contribution in [2.45, 2.75) is 6.42 Å². The molecule has 1 aromatic rings. The minimum atomic E-state index is -3.41. The summed E-state index contributed by atoms with van der Waals surface area (Å²) in [4.78, 5) is 0. The van der Waals surface area contributed by atoms with Crippen molar-refractivity contribution in [3.8, 4) is 5.75 Å². The van der Waals surface area contributed by atoms with Gasteiger partial charge in [0.25, 0.3) is 10.2 Å². The first-order valence-corrected chi connectivity index (χ1v) is 8.62. The summed E-state index contributed by atoms with van der Waals surface area (Å²) < 4.78 is 39.4. The van der Waals surface area contributed by atoms with Crippen LogP contribution in [0.5, 0.6) is 5.75 Å². The Morgan fingerprint density at radius 1 is 1.24 bits per heavy atom. The van der Waals surface area contributed by atoms with Crippen LogP contribution in [0.3, 0.4) is 0 Å². The average molecular weight is 312 g/mol. The van der Waals surface area contributed by atoms with Crippen LogP contribution in [0.25, 0.3) is 0 Å². The number of rotatable bonds is 4. The van der Waals surface area contributed by atoms with Gasteiger partial charge in [0.15, 0.2) is 0 Å². The number of para-hydroxylation sites is 1. The molecule has 1 saturated heterocycles. The zero-order valence-corrected chi connectivity index (χ0v) is 12.6. The minimum Gasteiger partial charge on any atom is -0.493 e. The summed E-state index contributed by atoms with van der Waals surface area (Å²) in [6, 6.07) is 7.89. The summed E-state index contributed by atoms with van der Waals surface area (Å²) in [5.74, 6) is 1.07. The van der Waals surface area contributed by atoms with Crippen LogP contribution >= 0.6 is 0 Å². The molecule has 0 aromatic heterocycles. The van der Waals surface area contributed by atoms with Crippen molar-refractivity contribution in [2.75, 3.05) is 39.5 Å². The highest BCUT2D eigenvalue weighted by molar-refractivity contribution is 7.87. The highest BCUT2D eigenvalue weighted by atomic mass is 32.2. The van der Waals surface area contributed by atoms with Gasteiger partial charge in [-0.3, -0.25) is 0 Å². The van der Waals surface area contributed by atoms with Crippen molar-refractivity contribution in [3.63, 3.8) is 0 Å². The monoisotopic (exact) mass is 312 g/mol. The maximum atomic E-state index is 12.2. The molecule has 2 heterocycles. The van der Waals surface area contributed by atoms with Crippen LogP contribution in [0.2, 0.25) is 0 Å². The Bertz CT molecular complexity index is 584. The molecule has 0 aliphatic carbocycles. The van der Waals surface area contributed by atoms with E-state index in [-0.39, 0.29) is 5.92 Å². The number of nitrogens with zero attached hydrogens (tertiary/aromatic N) is 1. The fourth-order valence-corrected chi connectivity index (χ4v) is 3.88. The summed E-state index contributed by atoms with van der Waals surface area (Å²) in [5, 5.41) is 0. The van der Waals surface area contributed by atoms with Gasteiger partial charge >= 0.3 is 0 Å². The first kappa shape index (κ1) is 14.8. The van der Waals surface area contributed by atoms with Crippen molar-refractivity contribution >= 4 is 10.2 Å². The van der Waals surface area contributed by atoms with Crippen LogP contribution in [0.15, 0.2) is 24.3 Å². The lowest BCUT2D eigenvalue weighted by Crippen LogP contribution is -2.48. The molecule has 0 amide bonds. The molecule has 1 aromatic carbocycles. The normalized spacial score (nSPS) is 23.3. The van der Waals surface area contributed by atoms with Gasteiger partial charge in [0.05, 0.1) is 19.8 Å². The lowest BCUT2D eigenvalue weighted by Gasteiger charge is -2.29. The molecule has 116 valence electrons. The molecule has 1 N–H and O–H groups in total. The van der Waals surface area contributed by atoms with Crippen molar-refractivity contribution in [2.24, 2.45) is 5.92 Å². The summed E-state index contributed by atoms with van der Waals surface area (Å²) in [6.07, 6.45) is 0.835. The van der Waals surface area contributed by atoms with Crippen LogP contribution in [0.1, 0.15) is 5.56 Å². The molecule has 1 fully saturated rings. The Morgan fingerprint density at radius 3 is 2.81 bits per heavy atom. The lowest BCUT2D eigenvalue weighted by molar-refractivity contribution is 0.0723. The predicted octanol–water partition coefficient (Wildman–Crippen LogP) is 0.404. The Kier molecular flexibility index (Phi) is 4.44. The lowest BCUT2D eigenvalue weighted by atomic mass is 9.97. The van der Waals surface area contributed by atoms with E-state index in [0.717, 1.165) is 17.7 Å². The van der Waals surface area contributed by atoms with Crippen LogP contribution in [0.4, 0.5) is 0 Å². The van der Waals surface area contributed by atoms with E-state index in [1.54, 1.807) is 0 Å². The molecule has 3 rings (SSSR count). The molecule has 0 unspecified atom stereocenters. The zero-order chi connectivity index (χ0) is 14.7.